The number of hydrogen-bond donors (Lipinski definition) is 1. The number of nitrogens with zero attached hydrogens (tertiary/aromatic N) is 2. The molecule has 0 bridgehead atoms. The van der Waals surface area contributed by atoms with E-state index < -0.39 is 0 Å². The van der Waals surface area contributed by atoms with Gasteiger partial charge < -0.3 is 10.0 Å². The van der Waals surface area contributed by atoms with Crippen LogP contribution in [-0.4, -0.2) is 42.3 Å². The van der Waals surface area contributed by atoms with E-state index in [2.05, 4.69) is 47.2 Å². The number of aliphatic hydroxyl groups excluding tert-OH is 1. The highest BCUT2D eigenvalue weighted by atomic mass is 35.5. The summed E-state index contributed by atoms with van der Waals surface area (Å²) in [6.07, 6.45) is 0. The van der Waals surface area contributed by atoms with E-state index in [-0.39, 0.29) is 12.6 Å². The van der Waals surface area contributed by atoms with Crippen LogP contribution in [0.3, 0.4) is 0 Å². The molecule has 120 valence electrons. The summed E-state index contributed by atoms with van der Waals surface area (Å²) in [5, 5.41) is 10.7. The maximum atomic E-state index is 9.95. The third-order valence-electron chi connectivity index (χ3n) is 5.35. The number of halogens is 1. The van der Waals surface area contributed by atoms with Crippen LogP contribution in [0.2, 0.25) is 5.02 Å². The maximum Gasteiger partial charge on any atom is 0.0593 e. The summed E-state index contributed by atoms with van der Waals surface area (Å²) in [6.45, 7) is 1.97. The van der Waals surface area contributed by atoms with Gasteiger partial charge in [0.1, 0.15) is 0 Å². The predicted molar refractivity (Wildman–Crippen MR) is 94.1 cm³/mol. The minimum Gasteiger partial charge on any atom is -0.395 e. The van der Waals surface area contributed by atoms with Crippen LogP contribution in [-0.2, 0) is 6.54 Å². The molecule has 1 saturated heterocycles. The van der Waals surface area contributed by atoms with Crippen LogP contribution in [0.25, 0.3) is 0 Å². The molecule has 1 fully saturated rings. The lowest BCUT2D eigenvalue weighted by atomic mass is 9.72. The van der Waals surface area contributed by atoms with Crippen molar-refractivity contribution in [1.29, 1.82) is 0 Å². The Bertz CT molecular complexity index is 720. The van der Waals surface area contributed by atoms with E-state index in [4.69, 9.17) is 11.6 Å². The monoisotopic (exact) mass is 328 g/mol. The first kappa shape index (κ1) is 15.0. The molecule has 0 aliphatic carbocycles. The minimum absolute atomic E-state index is 0.172. The zero-order valence-corrected chi connectivity index (χ0v) is 13.9. The Morgan fingerprint density at radius 3 is 2.65 bits per heavy atom. The smallest absolute Gasteiger partial charge is 0.0593 e. The fourth-order valence-corrected chi connectivity index (χ4v) is 4.41. The quantitative estimate of drug-likeness (QED) is 0.937. The molecule has 4 heteroatoms. The van der Waals surface area contributed by atoms with Gasteiger partial charge in [-0.05, 0) is 23.3 Å². The lowest BCUT2D eigenvalue weighted by molar-refractivity contribution is -0.0489. The summed E-state index contributed by atoms with van der Waals surface area (Å²) in [6, 6.07) is 17.2. The van der Waals surface area contributed by atoms with E-state index in [0.717, 1.165) is 23.7 Å². The van der Waals surface area contributed by atoms with Crippen molar-refractivity contribution >= 4 is 17.3 Å². The second kappa shape index (κ2) is 5.82. The average molecular weight is 329 g/mol. The van der Waals surface area contributed by atoms with Crippen molar-refractivity contribution < 1.29 is 5.11 Å². The third kappa shape index (κ3) is 2.35. The molecular weight excluding hydrogens is 308 g/mol. The van der Waals surface area contributed by atoms with Gasteiger partial charge in [0.05, 0.1) is 6.61 Å². The normalized spacial score (nSPS) is 26.4. The molecule has 2 heterocycles. The van der Waals surface area contributed by atoms with Crippen LogP contribution in [0.5, 0.6) is 0 Å². The van der Waals surface area contributed by atoms with E-state index in [0.29, 0.717) is 12.0 Å². The lowest BCUT2D eigenvalue weighted by Gasteiger charge is -2.59. The van der Waals surface area contributed by atoms with Crippen molar-refractivity contribution in [2.75, 3.05) is 25.1 Å². The topological polar surface area (TPSA) is 26.7 Å². The van der Waals surface area contributed by atoms with Crippen LogP contribution in [0, 0.1) is 0 Å². The first-order valence-electron chi connectivity index (χ1n) is 8.10. The number of fused-ring (bicyclic) bond motifs is 3. The van der Waals surface area contributed by atoms with Gasteiger partial charge >= 0.3 is 0 Å². The van der Waals surface area contributed by atoms with Gasteiger partial charge in [-0.3, -0.25) is 4.90 Å². The van der Waals surface area contributed by atoms with Gasteiger partial charge in [-0.1, -0.05) is 48.0 Å². The molecule has 0 saturated carbocycles. The zero-order valence-electron chi connectivity index (χ0n) is 13.2. The van der Waals surface area contributed by atoms with E-state index in [1.165, 1.54) is 11.3 Å². The Labute approximate surface area is 142 Å². The molecular formula is C19H21ClN2O. The molecule has 0 amide bonds. The van der Waals surface area contributed by atoms with Gasteiger partial charge in [0, 0.05) is 48.8 Å². The van der Waals surface area contributed by atoms with Crippen LogP contribution in [0.4, 0.5) is 5.69 Å². The standard InChI is InChI=1S/C19H21ClN2O/c1-21-11-17-19(14-7-3-5-9-16(14)21)18(12-23)22(17)10-13-6-2-4-8-15(13)20/h2-9,17-19,23H,10-12H2,1H3/t17-,18+,19+/m1/s1. The van der Waals surface area contributed by atoms with Crippen molar-refractivity contribution in [3.63, 3.8) is 0 Å². The molecule has 23 heavy (non-hydrogen) atoms. The van der Waals surface area contributed by atoms with Gasteiger partial charge in [0.25, 0.3) is 0 Å². The molecule has 0 spiro atoms. The fraction of sp³-hybridized carbons (Fsp3) is 0.368. The summed E-state index contributed by atoms with van der Waals surface area (Å²) in [5.41, 5.74) is 3.79. The number of likely N-dealkylation sites (tertiary alicyclic amines) is 1. The van der Waals surface area contributed by atoms with E-state index >= 15 is 0 Å². The number of aliphatic hydroxyl groups is 1. The van der Waals surface area contributed by atoms with Gasteiger partial charge in [-0.25, -0.2) is 0 Å². The Kier molecular flexibility index (Phi) is 3.80. The zero-order chi connectivity index (χ0) is 16.0. The Morgan fingerprint density at radius 1 is 1.13 bits per heavy atom. The SMILES string of the molecule is CN1C[C@@H]2[C@H](c3ccccc31)[C@H](CO)N2Cc1ccccc1Cl. The molecule has 2 aliphatic rings. The summed E-state index contributed by atoms with van der Waals surface area (Å²) in [7, 11) is 2.15. The number of hydrogen-bond acceptors (Lipinski definition) is 3. The largest absolute Gasteiger partial charge is 0.395 e. The van der Waals surface area contributed by atoms with Crippen LogP contribution in [0.1, 0.15) is 17.0 Å². The first-order valence-corrected chi connectivity index (χ1v) is 8.48. The molecule has 2 aromatic rings. The second-order valence-corrected chi connectivity index (χ2v) is 6.95. The van der Waals surface area contributed by atoms with Crippen molar-refractivity contribution in [3.05, 3.63) is 64.7 Å². The van der Waals surface area contributed by atoms with E-state index in [1.807, 2.05) is 18.2 Å². The van der Waals surface area contributed by atoms with Crippen molar-refractivity contribution in [3.8, 4) is 0 Å². The Balaban J connectivity index is 1.64. The lowest BCUT2D eigenvalue weighted by Crippen LogP contribution is -2.67. The van der Waals surface area contributed by atoms with Gasteiger partial charge in [-0.2, -0.15) is 0 Å². The molecule has 0 radical (unpaired) electrons. The van der Waals surface area contributed by atoms with Gasteiger partial charge in [0.2, 0.25) is 0 Å². The molecule has 3 atom stereocenters. The first-order chi connectivity index (χ1) is 11.2. The maximum absolute atomic E-state index is 9.95. The van der Waals surface area contributed by atoms with Crippen LogP contribution < -0.4 is 4.90 Å². The predicted octanol–water partition coefficient (Wildman–Crippen LogP) is 3.12. The van der Waals surface area contributed by atoms with Gasteiger partial charge in [0.15, 0.2) is 0 Å². The van der Waals surface area contributed by atoms with E-state index in [9.17, 15) is 5.11 Å². The van der Waals surface area contributed by atoms with E-state index in [1.54, 1.807) is 0 Å². The van der Waals surface area contributed by atoms with Crippen LogP contribution in [0.15, 0.2) is 48.5 Å². The highest BCUT2D eigenvalue weighted by Crippen LogP contribution is 2.48. The highest BCUT2D eigenvalue weighted by molar-refractivity contribution is 6.31. The number of rotatable bonds is 3. The molecule has 1 N–H and O–H groups in total. The Hall–Kier alpha value is -1.55. The molecule has 2 aliphatic heterocycles. The molecule has 3 nitrogen and oxygen atoms in total. The number of para-hydroxylation sites is 1. The van der Waals surface area contributed by atoms with Crippen molar-refractivity contribution in [1.82, 2.24) is 4.90 Å². The second-order valence-electron chi connectivity index (χ2n) is 6.55. The summed E-state index contributed by atoms with van der Waals surface area (Å²) in [5.74, 6) is 0.412. The van der Waals surface area contributed by atoms with Gasteiger partial charge in [-0.15, -0.1) is 0 Å². The molecule has 4 rings (SSSR count). The summed E-state index contributed by atoms with van der Waals surface area (Å²) in [4.78, 5) is 4.72. The molecule has 0 unspecified atom stereocenters. The number of benzene rings is 2. The number of likely N-dealkylation sites (N-methyl/N-ethyl adjacent to an activating group) is 1. The average Bonchev–Trinajstić information content (AvgIpc) is 2.56. The minimum atomic E-state index is 0.172. The molecule has 0 aromatic heterocycles. The van der Waals surface area contributed by atoms with Crippen LogP contribution >= 0.6 is 11.6 Å². The highest BCUT2D eigenvalue weighted by Gasteiger charge is 2.51. The number of anilines is 1. The van der Waals surface area contributed by atoms with Crippen molar-refractivity contribution in [2.24, 2.45) is 0 Å². The summed E-state index contributed by atoms with van der Waals surface area (Å²) < 4.78 is 0. The third-order valence-corrected chi connectivity index (χ3v) is 5.72. The fourth-order valence-electron chi connectivity index (χ4n) is 4.22. The Morgan fingerprint density at radius 2 is 1.87 bits per heavy atom. The van der Waals surface area contributed by atoms with Crippen molar-refractivity contribution in [2.45, 2.75) is 24.5 Å². The summed E-state index contributed by atoms with van der Waals surface area (Å²) >= 11 is 6.33. The molecule has 2 aromatic carbocycles.